The van der Waals surface area contributed by atoms with Crippen LogP contribution in [0.25, 0.3) is 0 Å². The van der Waals surface area contributed by atoms with Crippen LogP contribution in [-0.2, 0) is 0 Å². The molecule has 0 aromatic rings. The Hall–Kier alpha value is -0.500. The monoisotopic (exact) mass is 156 g/mol. The normalized spacial score (nSPS) is 17.8. The van der Waals surface area contributed by atoms with E-state index in [4.69, 9.17) is 0 Å². The summed E-state index contributed by atoms with van der Waals surface area (Å²) in [5.41, 5.74) is 0. The third kappa shape index (κ3) is 2.03. The molecule has 0 saturated carbocycles. The van der Waals surface area contributed by atoms with Gasteiger partial charge < -0.3 is 0 Å². The van der Waals surface area contributed by atoms with Gasteiger partial charge in [-0.1, -0.05) is 6.08 Å². The van der Waals surface area contributed by atoms with E-state index in [0.717, 1.165) is 4.91 Å². The molecule has 0 nitrogen and oxygen atoms in total. The fraction of sp³-hybridized carbons (Fsp3) is 0.250. The zero-order valence-corrected chi connectivity index (χ0v) is 6.62. The quantitative estimate of drug-likeness (QED) is 0.562. The van der Waals surface area contributed by atoms with Gasteiger partial charge in [0, 0.05) is 4.91 Å². The predicted octanol–water partition coefficient (Wildman–Crippen LogP) is 3.05. The summed E-state index contributed by atoms with van der Waals surface area (Å²) in [7, 11) is 0. The van der Waals surface area contributed by atoms with Gasteiger partial charge >= 0.3 is 0 Å². The van der Waals surface area contributed by atoms with E-state index in [9.17, 15) is 4.39 Å². The first-order valence-electron chi connectivity index (χ1n) is 3.11. The van der Waals surface area contributed by atoms with Crippen LogP contribution in [-0.4, -0.2) is 6.26 Å². The van der Waals surface area contributed by atoms with Crippen LogP contribution in [0.1, 0.15) is 6.42 Å². The van der Waals surface area contributed by atoms with Crippen molar-refractivity contribution in [2.75, 3.05) is 6.26 Å². The molecule has 0 aromatic heterocycles. The lowest BCUT2D eigenvalue weighted by Crippen LogP contribution is -1.64. The number of halogens is 1. The van der Waals surface area contributed by atoms with Gasteiger partial charge in [0.05, 0.1) is 0 Å². The van der Waals surface area contributed by atoms with Gasteiger partial charge in [-0.15, -0.1) is 11.8 Å². The average Bonchev–Trinajstić information content (AvgIpc) is 2.14. The van der Waals surface area contributed by atoms with Gasteiger partial charge in [-0.2, -0.15) is 0 Å². The van der Waals surface area contributed by atoms with Crippen LogP contribution < -0.4 is 0 Å². The van der Waals surface area contributed by atoms with Gasteiger partial charge in [-0.25, -0.2) is 4.39 Å². The van der Waals surface area contributed by atoms with Crippen molar-refractivity contribution in [3.8, 4) is 0 Å². The summed E-state index contributed by atoms with van der Waals surface area (Å²) in [6.07, 6.45) is 9.56. The first-order valence-corrected chi connectivity index (χ1v) is 4.33. The van der Waals surface area contributed by atoms with E-state index in [0.29, 0.717) is 6.42 Å². The molecule has 2 heteroatoms. The molecule has 0 N–H and O–H groups in total. The molecule has 10 heavy (non-hydrogen) atoms. The van der Waals surface area contributed by atoms with Crippen LogP contribution in [0, 0.1) is 0 Å². The Morgan fingerprint density at radius 2 is 2.20 bits per heavy atom. The second-order valence-electron chi connectivity index (χ2n) is 1.97. The van der Waals surface area contributed by atoms with Crippen LogP contribution in [0.5, 0.6) is 0 Å². The highest BCUT2D eigenvalue weighted by Gasteiger charge is 1.94. The Bertz CT molecular complexity index is 201. The number of hydrogen-bond acceptors (Lipinski definition) is 1. The van der Waals surface area contributed by atoms with Crippen LogP contribution in [0.2, 0.25) is 0 Å². The Balaban J connectivity index is 2.69. The molecule has 1 rings (SSSR count). The highest BCUT2D eigenvalue weighted by Crippen LogP contribution is 2.18. The highest BCUT2D eigenvalue weighted by atomic mass is 32.2. The molecule has 0 saturated heterocycles. The lowest BCUT2D eigenvalue weighted by atomic mass is 10.4. The van der Waals surface area contributed by atoms with Crippen molar-refractivity contribution in [3.63, 3.8) is 0 Å². The molecule has 0 radical (unpaired) electrons. The molecule has 0 atom stereocenters. The fourth-order valence-corrected chi connectivity index (χ4v) is 1.20. The minimum absolute atomic E-state index is 0.139. The molecule has 0 aromatic carbocycles. The first kappa shape index (κ1) is 7.61. The highest BCUT2D eigenvalue weighted by molar-refractivity contribution is 8.02. The van der Waals surface area contributed by atoms with E-state index in [2.05, 4.69) is 0 Å². The zero-order valence-electron chi connectivity index (χ0n) is 5.80. The SMILES string of the molecule is CSC1=CCC=C(F)C=C1. The minimum Gasteiger partial charge on any atom is -0.207 e. The minimum atomic E-state index is -0.139. The van der Waals surface area contributed by atoms with Gasteiger partial charge in [0.2, 0.25) is 0 Å². The number of thioether (sulfide) groups is 1. The molecule has 0 fully saturated rings. The largest absolute Gasteiger partial charge is 0.207 e. The Kier molecular flexibility index (Phi) is 2.75. The Morgan fingerprint density at radius 3 is 2.90 bits per heavy atom. The molecule has 1 aliphatic rings. The van der Waals surface area contributed by atoms with Crippen molar-refractivity contribution in [2.24, 2.45) is 0 Å². The van der Waals surface area contributed by atoms with Gasteiger partial charge in [0.25, 0.3) is 0 Å². The predicted molar refractivity (Wildman–Crippen MR) is 44.5 cm³/mol. The second kappa shape index (κ2) is 3.62. The third-order valence-electron chi connectivity index (χ3n) is 1.27. The summed E-state index contributed by atoms with van der Waals surface area (Å²) >= 11 is 1.64. The molecule has 0 aliphatic heterocycles. The standard InChI is InChI=1S/C8H9FS/c1-10-8-4-2-3-7(9)5-6-8/h3-6H,2H2,1H3. The summed E-state index contributed by atoms with van der Waals surface area (Å²) < 4.78 is 12.5. The smallest absolute Gasteiger partial charge is 0.119 e. The first-order chi connectivity index (χ1) is 4.83. The van der Waals surface area contributed by atoms with E-state index in [1.165, 1.54) is 6.08 Å². The maximum absolute atomic E-state index is 12.5. The summed E-state index contributed by atoms with van der Waals surface area (Å²) in [4.78, 5) is 1.13. The molecule has 0 spiro atoms. The van der Waals surface area contributed by atoms with Crippen molar-refractivity contribution < 1.29 is 4.39 Å². The molecule has 0 unspecified atom stereocenters. The maximum Gasteiger partial charge on any atom is 0.119 e. The van der Waals surface area contributed by atoms with Crippen LogP contribution in [0.15, 0.2) is 35.0 Å². The number of rotatable bonds is 1. The number of allylic oxidation sites excluding steroid dienone is 5. The maximum atomic E-state index is 12.5. The van der Waals surface area contributed by atoms with Gasteiger partial charge in [0.15, 0.2) is 0 Å². The van der Waals surface area contributed by atoms with E-state index in [1.807, 2.05) is 12.3 Å². The fourth-order valence-electron chi connectivity index (χ4n) is 0.737. The molecule has 0 heterocycles. The number of hydrogen-bond donors (Lipinski definition) is 0. The second-order valence-corrected chi connectivity index (χ2v) is 2.85. The molecular formula is C8H9FS. The molecule has 1 aliphatic carbocycles. The van der Waals surface area contributed by atoms with Gasteiger partial charge in [-0.3, -0.25) is 0 Å². The van der Waals surface area contributed by atoms with E-state index >= 15 is 0 Å². The van der Waals surface area contributed by atoms with Crippen LogP contribution in [0.4, 0.5) is 4.39 Å². The topological polar surface area (TPSA) is 0 Å². The van der Waals surface area contributed by atoms with E-state index in [-0.39, 0.29) is 5.83 Å². The van der Waals surface area contributed by atoms with Crippen molar-refractivity contribution in [2.45, 2.75) is 6.42 Å². The molecule has 0 amide bonds. The summed E-state index contributed by atoms with van der Waals surface area (Å²) in [6.45, 7) is 0. The average molecular weight is 156 g/mol. The molecule has 0 bridgehead atoms. The van der Waals surface area contributed by atoms with Crippen molar-refractivity contribution >= 4 is 11.8 Å². The van der Waals surface area contributed by atoms with Crippen molar-refractivity contribution in [1.29, 1.82) is 0 Å². The van der Waals surface area contributed by atoms with E-state index < -0.39 is 0 Å². The van der Waals surface area contributed by atoms with Crippen molar-refractivity contribution in [1.82, 2.24) is 0 Å². The van der Waals surface area contributed by atoms with Crippen LogP contribution >= 0.6 is 11.8 Å². The molecular weight excluding hydrogens is 147 g/mol. The Morgan fingerprint density at radius 1 is 1.40 bits per heavy atom. The van der Waals surface area contributed by atoms with Crippen LogP contribution in [0.3, 0.4) is 0 Å². The zero-order chi connectivity index (χ0) is 7.40. The van der Waals surface area contributed by atoms with E-state index in [1.54, 1.807) is 23.9 Å². The summed E-state index contributed by atoms with van der Waals surface area (Å²) in [5, 5.41) is 0. The molecule has 54 valence electrons. The summed E-state index contributed by atoms with van der Waals surface area (Å²) in [5.74, 6) is -0.139. The summed E-state index contributed by atoms with van der Waals surface area (Å²) in [6, 6.07) is 0. The van der Waals surface area contributed by atoms with Crippen molar-refractivity contribution in [3.05, 3.63) is 35.0 Å². The lowest BCUT2D eigenvalue weighted by molar-refractivity contribution is 0.663. The lowest BCUT2D eigenvalue weighted by Gasteiger charge is -1.90. The van der Waals surface area contributed by atoms with Gasteiger partial charge in [0.1, 0.15) is 5.83 Å². The third-order valence-corrected chi connectivity index (χ3v) is 2.05. The van der Waals surface area contributed by atoms with Gasteiger partial charge in [-0.05, 0) is 30.9 Å². The Labute approximate surface area is 64.5 Å².